The number of benzene rings is 1. The third kappa shape index (κ3) is 3.35. The van der Waals surface area contributed by atoms with Crippen LogP contribution in [-0.4, -0.2) is 72.1 Å². The van der Waals surface area contributed by atoms with Gasteiger partial charge < -0.3 is 19.3 Å². The van der Waals surface area contributed by atoms with Crippen molar-refractivity contribution in [3.8, 4) is 11.5 Å². The van der Waals surface area contributed by atoms with Crippen molar-refractivity contribution < 1.29 is 48.1 Å². The number of carbonyl (C=O) groups is 6. The molecule has 0 spiro atoms. The molecule has 2 heterocycles. The second-order valence-corrected chi connectivity index (χ2v) is 9.42. The van der Waals surface area contributed by atoms with Gasteiger partial charge in [-0.3, -0.25) is 19.2 Å². The molecular formula is C25H24N2O10. The number of ether oxygens (including phenoxy) is 3. The number of phenolic OH excluding ortho intramolecular Hbond substituents is 1. The average molecular weight is 512 g/mol. The molecule has 6 atom stereocenters. The van der Waals surface area contributed by atoms with Gasteiger partial charge in [0.2, 0.25) is 23.6 Å². The predicted molar refractivity (Wildman–Crippen MR) is 121 cm³/mol. The summed E-state index contributed by atoms with van der Waals surface area (Å²) in [6.45, 7) is 0. The third-order valence-electron chi connectivity index (χ3n) is 7.93. The molecule has 2 aliphatic heterocycles. The van der Waals surface area contributed by atoms with E-state index in [0.717, 1.165) is 14.2 Å². The maximum absolute atomic E-state index is 13.5. The molecule has 0 radical (unpaired) electrons. The minimum absolute atomic E-state index is 0.0233. The van der Waals surface area contributed by atoms with Gasteiger partial charge in [0.1, 0.15) is 0 Å². The van der Waals surface area contributed by atoms with Crippen molar-refractivity contribution in [2.45, 2.75) is 18.8 Å². The molecular weight excluding hydrogens is 488 g/mol. The largest absolute Gasteiger partial charge is 0.504 e. The van der Waals surface area contributed by atoms with E-state index in [4.69, 9.17) is 4.74 Å². The highest BCUT2D eigenvalue weighted by atomic mass is 16.5. The normalized spacial score (nSPS) is 30.4. The summed E-state index contributed by atoms with van der Waals surface area (Å²) in [5.74, 6) is -8.03. The fraction of sp³-hybridized carbons (Fsp3) is 0.440. The van der Waals surface area contributed by atoms with Crippen molar-refractivity contribution in [2.24, 2.45) is 29.6 Å². The minimum Gasteiger partial charge on any atom is -0.504 e. The molecule has 1 N–H and O–H groups in total. The Morgan fingerprint density at radius 3 is 2.03 bits per heavy atom. The highest BCUT2D eigenvalue weighted by Crippen LogP contribution is 2.58. The highest BCUT2D eigenvalue weighted by Gasteiger charge is 2.63. The van der Waals surface area contributed by atoms with E-state index >= 15 is 0 Å². The van der Waals surface area contributed by atoms with Gasteiger partial charge in [0.05, 0.1) is 45.0 Å². The number of hydrogen-bond donors (Lipinski definition) is 1. The molecule has 2 aliphatic carbocycles. The Hall–Kier alpha value is -4.22. The van der Waals surface area contributed by atoms with Gasteiger partial charge in [0, 0.05) is 5.92 Å². The standard InChI is InChI=1S/C25H24N2O10/c1-35-16-8-10(4-7-15(16)28)17-11-5-6-12-18(22(31)26(20(12)29)24(33)36-2)13(11)9-14-19(17)23(32)27(21(14)30)25(34)37-3/h4-5,7-8,12-14,17-19,28H,6,9H2,1-3H3. The Morgan fingerprint density at radius 1 is 0.838 bits per heavy atom. The molecule has 4 aliphatic rings. The molecule has 12 heteroatoms. The second-order valence-electron chi connectivity index (χ2n) is 9.42. The van der Waals surface area contributed by atoms with Crippen LogP contribution in [0, 0.1) is 29.6 Å². The maximum Gasteiger partial charge on any atom is 0.423 e. The van der Waals surface area contributed by atoms with Crippen molar-refractivity contribution in [2.75, 3.05) is 21.3 Å². The third-order valence-corrected chi connectivity index (χ3v) is 7.93. The minimum atomic E-state index is -1.11. The summed E-state index contributed by atoms with van der Waals surface area (Å²) in [6, 6.07) is 4.50. The Balaban J connectivity index is 1.65. The fourth-order valence-corrected chi connectivity index (χ4v) is 6.39. The number of hydrogen-bond acceptors (Lipinski definition) is 10. The SMILES string of the molecule is COC(=O)N1C(=O)C2CC=C3C(CC4C(=O)N(C(=O)OC)C(=O)C4C3c3ccc(O)c(OC)c3)C2C1=O. The van der Waals surface area contributed by atoms with Gasteiger partial charge in [-0.1, -0.05) is 17.7 Å². The van der Waals surface area contributed by atoms with E-state index < -0.39 is 71.3 Å². The fourth-order valence-electron chi connectivity index (χ4n) is 6.39. The molecule has 1 aromatic rings. The first-order chi connectivity index (χ1) is 17.7. The van der Waals surface area contributed by atoms with Gasteiger partial charge >= 0.3 is 12.2 Å². The van der Waals surface area contributed by atoms with E-state index in [1.807, 2.05) is 0 Å². The smallest absolute Gasteiger partial charge is 0.423 e. The van der Waals surface area contributed by atoms with Crippen molar-refractivity contribution in [3.05, 3.63) is 35.4 Å². The van der Waals surface area contributed by atoms with Crippen LogP contribution in [0.1, 0.15) is 24.3 Å². The molecule has 3 fully saturated rings. The number of carbonyl (C=O) groups excluding carboxylic acids is 6. The van der Waals surface area contributed by atoms with E-state index in [9.17, 15) is 33.9 Å². The van der Waals surface area contributed by atoms with Crippen molar-refractivity contribution in [3.63, 3.8) is 0 Å². The molecule has 0 bridgehead atoms. The molecule has 2 saturated heterocycles. The number of methoxy groups -OCH3 is 3. The lowest BCUT2D eigenvalue weighted by molar-refractivity contribution is -0.139. The lowest BCUT2D eigenvalue weighted by Gasteiger charge is -2.44. The molecule has 6 unspecified atom stereocenters. The van der Waals surface area contributed by atoms with Gasteiger partial charge in [0.25, 0.3) is 0 Å². The number of allylic oxidation sites excluding steroid dienone is 2. The Labute approximate surface area is 210 Å². The highest BCUT2D eigenvalue weighted by molar-refractivity contribution is 6.17. The number of phenols is 1. The van der Waals surface area contributed by atoms with Crippen molar-refractivity contribution >= 4 is 35.8 Å². The molecule has 194 valence electrons. The Bertz CT molecular complexity index is 1290. The first-order valence-electron chi connectivity index (χ1n) is 11.6. The number of rotatable bonds is 2. The van der Waals surface area contributed by atoms with Crippen LogP contribution in [0.4, 0.5) is 9.59 Å². The summed E-state index contributed by atoms with van der Waals surface area (Å²) in [5.41, 5.74) is 1.17. The van der Waals surface area contributed by atoms with Crippen LogP contribution in [0.25, 0.3) is 0 Å². The average Bonchev–Trinajstić information content (AvgIpc) is 3.30. The number of amides is 6. The summed E-state index contributed by atoms with van der Waals surface area (Å²) in [6.07, 6.45) is -0.249. The van der Waals surface area contributed by atoms with Gasteiger partial charge in [-0.25, -0.2) is 9.59 Å². The zero-order valence-corrected chi connectivity index (χ0v) is 20.2. The van der Waals surface area contributed by atoms with Crippen LogP contribution in [0.5, 0.6) is 11.5 Å². The van der Waals surface area contributed by atoms with E-state index in [1.165, 1.54) is 19.2 Å². The lowest BCUT2D eigenvalue weighted by atomic mass is 9.57. The number of aromatic hydroxyl groups is 1. The molecule has 37 heavy (non-hydrogen) atoms. The predicted octanol–water partition coefficient (Wildman–Crippen LogP) is 1.57. The first-order valence-corrected chi connectivity index (χ1v) is 11.6. The zero-order valence-electron chi connectivity index (χ0n) is 20.2. The molecule has 12 nitrogen and oxygen atoms in total. The van der Waals surface area contributed by atoms with Crippen molar-refractivity contribution in [1.82, 2.24) is 9.80 Å². The molecule has 0 aromatic heterocycles. The summed E-state index contributed by atoms with van der Waals surface area (Å²) in [5, 5.41) is 10.1. The number of imide groups is 6. The topological polar surface area (TPSA) is 157 Å². The zero-order chi connectivity index (χ0) is 26.8. The maximum atomic E-state index is 13.5. The van der Waals surface area contributed by atoms with Crippen LogP contribution in [0.15, 0.2) is 29.8 Å². The van der Waals surface area contributed by atoms with Crippen LogP contribution in [0.2, 0.25) is 0 Å². The van der Waals surface area contributed by atoms with Gasteiger partial charge in [0.15, 0.2) is 11.5 Å². The summed E-state index contributed by atoms with van der Waals surface area (Å²) < 4.78 is 14.5. The molecule has 6 amide bonds. The monoisotopic (exact) mass is 512 g/mol. The Morgan fingerprint density at radius 2 is 1.43 bits per heavy atom. The number of fused-ring (bicyclic) bond motifs is 4. The van der Waals surface area contributed by atoms with Crippen LogP contribution < -0.4 is 4.74 Å². The summed E-state index contributed by atoms with van der Waals surface area (Å²) in [4.78, 5) is 78.6. The van der Waals surface area contributed by atoms with Gasteiger partial charge in [-0.2, -0.15) is 9.80 Å². The van der Waals surface area contributed by atoms with E-state index in [-0.39, 0.29) is 24.3 Å². The summed E-state index contributed by atoms with van der Waals surface area (Å²) in [7, 11) is 3.49. The van der Waals surface area contributed by atoms with E-state index in [1.54, 1.807) is 12.1 Å². The molecule has 1 aromatic carbocycles. The van der Waals surface area contributed by atoms with Crippen molar-refractivity contribution in [1.29, 1.82) is 0 Å². The molecule has 5 rings (SSSR count). The number of nitrogens with zero attached hydrogens (tertiary/aromatic N) is 2. The first kappa shape index (κ1) is 24.5. The van der Waals surface area contributed by atoms with Crippen LogP contribution in [0.3, 0.4) is 0 Å². The quantitative estimate of drug-likeness (QED) is 0.456. The summed E-state index contributed by atoms with van der Waals surface area (Å²) >= 11 is 0. The van der Waals surface area contributed by atoms with Crippen LogP contribution >= 0.6 is 0 Å². The van der Waals surface area contributed by atoms with Gasteiger partial charge in [-0.05, 0) is 36.5 Å². The van der Waals surface area contributed by atoms with Gasteiger partial charge in [-0.15, -0.1) is 0 Å². The number of likely N-dealkylation sites (tertiary alicyclic amines) is 2. The Kier molecular flexibility index (Phi) is 5.76. The van der Waals surface area contributed by atoms with E-state index in [0.29, 0.717) is 20.9 Å². The van der Waals surface area contributed by atoms with Crippen LogP contribution in [-0.2, 0) is 28.7 Å². The second kappa shape index (κ2) is 8.71. The van der Waals surface area contributed by atoms with E-state index in [2.05, 4.69) is 9.47 Å². The lowest BCUT2D eigenvalue weighted by Crippen LogP contribution is -2.43. The molecule has 1 saturated carbocycles.